The van der Waals surface area contributed by atoms with Crippen LogP contribution in [0.1, 0.15) is 27.3 Å². The summed E-state index contributed by atoms with van der Waals surface area (Å²) >= 11 is 0. The molecule has 1 aromatic heterocycles. The van der Waals surface area contributed by atoms with E-state index >= 15 is 0 Å². The first-order valence-corrected chi connectivity index (χ1v) is 10.1. The molecule has 0 radical (unpaired) electrons. The highest BCUT2D eigenvalue weighted by molar-refractivity contribution is 7.89. The predicted octanol–water partition coefficient (Wildman–Crippen LogP) is 2.64. The number of nitrogens with one attached hydrogen (secondary N) is 1. The van der Waals surface area contributed by atoms with Crippen LogP contribution in [0.5, 0.6) is 0 Å². The van der Waals surface area contributed by atoms with Gasteiger partial charge in [0.1, 0.15) is 5.82 Å². The molecule has 0 aliphatic heterocycles. The zero-order valence-corrected chi connectivity index (χ0v) is 16.6. The molecular formula is C20H19FN4O3S. The molecule has 3 rings (SSSR count). The van der Waals surface area contributed by atoms with Crippen LogP contribution < -0.4 is 10.6 Å². The maximum Gasteiger partial charge on any atom is 0.271 e. The van der Waals surface area contributed by atoms with Gasteiger partial charge in [0, 0.05) is 28.2 Å². The molecule has 0 atom stereocenters. The fourth-order valence-corrected chi connectivity index (χ4v) is 3.47. The van der Waals surface area contributed by atoms with Gasteiger partial charge in [-0.05, 0) is 62.4 Å². The Bertz CT molecular complexity index is 1200. The first kappa shape index (κ1) is 20.4. The van der Waals surface area contributed by atoms with Gasteiger partial charge in [-0.2, -0.15) is 5.10 Å². The van der Waals surface area contributed by atoms with Gasteiger partial charge in [-0.15, -0.1) is 0 Å². The summed E-state index contributed by atoms with van der Waals surface area (Å²) in [4.78, 5) is 12.1. The summed E-state index contributed by atoms with van der Waals surface area (Å²) in [6.45, 7) is 3.76. The molecule has 0 spiro atoms. The number of sulfonamides is 1. The fourth-order valence-electron chi connectivity index (χ4n) is 2.96. The van der Waals surface area contributed by atoms with E-state index in [1.165, 1.54) is 36.5 Å². The van der Waals surface area contributed by atoms with Crippen LogP contribution in [-0.4, -0.2) is 25.1 Å². The van der Waals surface area contributed by atoms with Crippen molar-refractivity contribution < 1.29 is 17.6 Å². The van der Waals surface area contributed by atoms with Crippen molar-refractivity contribution in [3.05, 3.63) is 82.9 Å². The summed E-state index contributed by atoms with van der Waals surface area (Å²) in [7, 11) is -3.76. The summed E-state index contributed by atoms with van der Waals surface area (Å²) in [5.74, 6) is -1.02. The van der Waals surface area contributed by atoms with Crippen LogP contribution in [0.25, 0.3) is 5.69 Å². The van der Waals surface area contributed by atoms with Crippen molar-refractivity contribution in [1.82, 2.24) is 9.99 Å². The Morgan fingerprint density at radius 1 is 1.14 bits per heavy atom. The second kappa shape index (κ2) is 7.98. The van der Waals surface area contributed by atoms with E-state index in [0.29, 0.717) is 0 Å². The molecule has 0 saturated heterocycles. The number of aromatic nitrogens is 1. The summed E-state index contributed by atoms with van der Waals surface area (Å²) in [5.41, 5.74) is 5.79. The molecule has 0 unspecified atom stereocenters. The number of nitrogens with zero attached hydrogens (tertiary/aromatic N) is 2. The predicted molar refractivity (Wildman–Crippen MR) is 108 cm³/mol. The molecule has 1 heterocycles. The van der Waals surface area contributed by atoms with Gasteiger partial charge in [0.2, 0.25) is 10.0 Å². The molecule has 150 valence electrons. The maximum atomic E-state index is 13.2. The van der Waals surface area contributed by atoms with Crippen LogP contribution in [0.15, 0.2) is 64.6 Å². The quantitative estimate of drug-likeness (QED) is 0.495. The lowest BCUT2D eigenvalue weighted by molar-refractivity contribution is 0.0954. The Kier molecular flexibility index (Phi) is 5.62. The number of hydrogen-bond donors (Lipinski definition) is 2. The number of hydrogen-bond acceptors (Lipinski definition) is 4. The van der Waals surface area contributed by atoms with Gasteiger partial charge in [0.15, 0.2) is 0 Å². The van der Waals surface area contributed by atoms with Crippen LogP contribution in [0.4, 0.5) is 4.39 Å². The summed E-state index contributed by atoms with van der Waals surface area (Å²) in [6, 6.07) is 13.4. The van der Waals surface area contributed by atoms with Gasteiger partial charge in [-0.1, -0.05) is 6.07 Å². The van der Waals surface area contributed by atoms with Gasteiger partial charge in [-0.3, -0.25) is 4.79 Å². The Labute approximate surface area is 167 Å². The van der Waals surface area contributed by atoms with Crippen LogP contribution in [0.3, 0.4) is 0 Å². The van der Waals surface area contributed by atoms with Crippen LogP contribution in [-0.2, 0) is 10.0 Å². The standard InChI is InChI=1S/C20H19FN4O3S/c1-13-10-16(12-23-24-20(26)15-4-3-5-17(21)11-15)14(2)25(13)18-6-8-19(9-7-18)29(22,27)28/h3-12H,1-2H3,(H,24,26)(H2,22,27,28)/b23-12-. The summed E-state index contributed by atoms with van der Waals surface area (Å²) < 4.78 is 37.9. The number of carbonyl (C=O) groups excluding carboxylic acids is 1. The zero-order valence-electron chi connectivity index (χ0n) is 15.8. The second-order valence-corrected chi connectivity index (χ2v) is 7.97. The molecule has 0 saturated carbocycles. The van der Waals surface area contributed by atoms with E-state index in [-0.39, 0.29) is 10.5 Å². The van der Waals surface area contributed by atoms with E-state index in [2.05, 4.69) is 10.5 Å². The SMILES string of the molecule is Cc1cc(/C=N\NC(=O)c2cccc(F)c2)c(C)n1-c1ccc(S(N)(=O)=O)cc1. The largest absolute Gasteiger partial charge is 0.318 e. The van der Waals surface area contributed by atoms with Gasteiger partial charge in [-0.25, -0.2) is 23.4 Å². The highest BCUT2D eigenvalue weighted by atomic mass is 32.2. The van der Waals surface area contributed by atoms with E-state index < -0.39 is 21.7 Å². The number of primary sulfonamides is 1. The number of hydrazone groups is 1. The third kappa shape index (κ3) is 4.58. The van der Waals surface area contributed by atoms with Gasteiger partial charge in [0.05, 0.1) is 11.1 Å². The summed E-state index contributed by atoms with van der Waals surface area (Å²) in [6.07, 6.45) is 1.49. The fraction of sp³-hybridized carbons (Fsp3) is 0.100. The highest BCUT2D eigenvalue weighted by Crippen LogP contribution is 2.21. The lowest BCUT2D eigenvalue weighted by atomic mass is 10.2. The smallest absolute Gasteiger partial charge is 0.271 e. The number of aryl methyl sites for hydroxylation is 1. The molecule has 1 amide bonds. The lowest BCUT2D eigenvalue weighted by Crippen LogP contribution is -2.17. The molecule has 2 aromatic carbocycles. The molecule has 0 aliphatic rings. The molecule has 0 aliphatic carbocycles. The van der Waals surface area contributed by atoms with Crippen LogP contribution >= 0.6 is 0 Å². The monoisotopic (exact) mass is 414 g/mol. The average Bonchev–Trinajstić information content (AvgIpc) is 2.94. The highest BCUT2D eigenvalue weighted by Gasteiger charge is 2.12. The minimum absolute atomic E-state index is 0.0329. The van der Waals surface area contributed by atoms with Crippen LogP contribution in [0, 0.1) is 19.7 Å². The number of halogens is 1. The van der Waals surface area contributed by atoms with Crippen molar-refractivity contribution in [2.75, 3.05) is 0 Å². The first-order chi connectivity index (χ1) is 13.7. The molecule has 0 bridgehead atoms. The molecule has 29 heavy (non-hydrogen) atoms. The van der Waals surface area contributed by atoms with Crippen LogP contribution in [0.2, 0.25) is 0 Å². The Hall–Kier alpha value is -3.30. The number of nitrogens with two attached hydrogens (primary N) is 1. The normalized spacial score (nSPS) is 11.7. The van der Waals surface area contributed by atoms with Crippen molar-refractivity contribution in [1.29, 1.82) is 0 Å². The third-order valence-electron chi connectivity index (χ3n) is 4.35. The van der Waals surface area contributed by atoms with Crippen molar-refractivity contribution in [3.8, 4) is 5.69 Å². The van der Waals surface area contributed by atoms with E-state index in [9.17, 15) is 17.6 Å². The molecule has 3 aromatic rings. The number of benzene rings is 2. The minimum Gasteiger partial charge on any atom is -0.318 e. The first-order valence-electron chi connectivity index (χ1n) is 8.58. The zero-order chi connectivity index (χ0) is 21.2. The Balaban J connectivity index is 1.80. The molecule has 7 nitrogen and oxygen atoms in total. The van der Waals surface area contributed by atoms with Crippen molar-refractivity contribution in [2.45, 2.75) is 18.7 Å². The third-order valence-corrected chi connectivity index (χ3v) is 5.28. The van der Waals surface area contributed by atoms with E-state index in [1.54, 1.807) is 12.1 Å². The molecule has 9 heteroatoms. The second-order valence-electron chi connectivity index (χ2n) is 6.41. The average molecular weight is 414 g/mol. The van der Waals surface area contributed by atoms with Crippen molar-refractivity contribution in [3.63, 3.8) is 0 Å². The van der Waals surface area contributed by atoms with E-state index in [4.69, 9.17) is 5.14 Å². The molecule has 3 N–H and O–H groups in total. The lowest BCUT2D eigenvalue weighted by Gasteiger charge is -2.10. The van der Waals surface area contributed by atoms with Gasteiger partial charge >= 0.3 is 0 Å². The van der Waals surface area contributed by atoms with Gasteiger partial charge < -0.3 is 4.57 Å². The Morgan fingerprint density at radius 2 is 1.83 bits per heavy atom. The van der Waals surface area contributed by atoms with Crippen molar-refractivity contribution in [2.24, 2.45) is 10.2 Å². The minimum atomic E-state index is -3.76. The molecular weight excluding hydrogens is 395 g/mol. The molecule has 0 fully saturated rings. The van der Waals surface area contributed by atoms with E-state index in [0.717, 1.165) is 28.7 Å². The Morgan fingerprint density at radius 3 is 2.45 bits per heavy atom. The number of rotatable bonds is 5. The number of carbonyl (C=O) groups is 1. The number of amides is 1. The van der Waals surface area contributed by atoms with E-state index in [1.807, 2.05) is 24.5 Å². The van der Waals surface area contributed by atoms with Crippen molar-refractivity contribution >= 4 is 22.1 Å². The summed E-state index contributed by atoms with van der Waals surface area (Å²) in [5, 5.41) is 9.08. The topological polar surface area (TPSA) is 107 Å². The van der Waals surface area contributed by atoms with Gasteiger partial charge in [0.25, 0.3) is 5.91 Å². The maximum absolute atomic E-state index is 13.2.